The molecule has 122 valence electrons. The summed E-state index contributed by atoms with van der Waals surface area (Å²) in [5.74, 6) is 0.687. The van der Waals surface area contributed by atoms with E-state index in [1.165, 1.54) is 0 Å². The minimum absolute atomic E-state index is 0.0653. The van der Waals surface area contributed by atoms with Crippen molar-refractivity contribution in [2.24, 2.45) is 0 Å². The molecule has 3 nitrogen and oxygen atoms in total. The Labute approximate surface area is 142 Å². The number of carbonyl (C=O) groups excluding carboxylic acids is 1. The monoisotopic (exact) mass is 331 g/mol. The molecule has 0 saturated heterocycles. The van der Waals surface area contributed by atoms with E-state index in [1.807, 2.05) is 45.0 Å². The molecular formula is C19H22ClNO2. The number of carbonyl (C=O) groups is 1. The number of benzene rings is 2. The molecule has 2 rings (SSSR count). The Balaban J connectivity index is 2.21. The molecule has 0 aliphatic carbocycles. The van der Waals surface area contributed by atoms with Crippen LogP contribution in [-0.2, 0) is 0 Å². The highest BCUT2D eigenvalue weighted by molar-refractivity contribution is 6.33. The second-order valence-corrected chi connectivity index (χ2v) is 6.05. The van der Waals surface area contributed by atoms with Crippen molar-refractivity contribution in [1.82, 2.24) is 5.32 Å². The molecule has 2 aromatic rings. The van der Waals surface area contributed by atoms with Crippen LogP contribution >= 0.6 is 11.6 Å². The van der Waals surface area contributed by atoms with E-state index in [4.69, 9.17) is 16.3 Å². The van der Waals surface area contributed by atoms with Gasteiger partial charge in [-0.2, -0.15) is 0 Å². The van der Waals surface area contributed by atoms with Crippen molar-refractivity contribution >= 4 is 17.5 Å². The van der Waals surface area contributed by atoms with Gasteiger partial charge in [-0.05, 0) is 55.2 Å². The molecule has 1 N–H and O–H groups in total. The smallest absolute Gasteiger partial charge is 0.253 e. The average molecular weight is 332 g/mol. The SMILES string of the molecule is CC[C@H](NC(=O)c1ccc(C)cc1Cl)c1ccc(OC)c(C)c1. The van der Waals surface area contributed by atoms with E-state index in [0.717, 1.165) is 28.9 Å². The Morgan fingerprint density at radius 3 is 2.52 bits per heavy atom. The molecule has 0 fully saturated rings. The lowest BCUT2D eigenvalue weighted by Gasteiger charge is -2.19. The Bertz CT molecular complexity index is 713. The summed E-state index contributed by atoms with van der Waals surface area (Å²) in [4.78, 5) is 12.5. The Hall–Kier alpha value is -2.00. The van der Waals surface area contributed by atoms with E-state index in [9.17, 15) is 4.79 Å². The van der Waals surface area contributed by atoms with Crippen LogP contribution < -0.4 is 10.1 Å². The third-order valence-electron chi connectivity index (χ3n) is 3.90. The molecule has 0 unspecified atom stereocenters. The lowest BCUT2D eigenvalue weighted by molar-refractivity contribution is 0.0935. The summed E-state index contributed by atoms with van der Waals surface area (Å²) in [7, 11) is 1.65. The maximum atomic E-state index is 12.5. The lowest BCUT2D eigenvalue weighted by Crippen LogP contribution is -2.28. The zero-order chi connectivity index (χ0) is 17.0. The van der Waals surface area contributed by atoms with Gasteiger partial charge < -0.3 is 10.1 Å². The Kier molecular flexibility index (Phi) is 5.67. The summed E-state index contributed by atoms with van der Waals surface area (Å²) in [5, 5.41) is 3.54. The number of amides is 1. The summed E-state index contributed by atoms with van der Waals surface area (Å²) in [5.41, 5.74) is 3.64. The number of ether oxygens (including phenoxy) is 1. The van der Waals surface area contributed by atoms with Gasteiger partial charge in [-0.15, -0.1) is 0 Å². The van der Waals surface area contributed by atoms with Crippen LogP contribution in [0.5, 0.6) is 5.75 Å². The molecule has 0 heterocycles. The van der Waals surface area contributed by atoms with Crippen molar-refractivity contribution in [2.75, 3.05) is 7.11 Å². The normalized spacial score (nSPS) is 11.9. The van der Waals surface area contributed by atoms with Crippen LogP contribution in [-0.4, -0.2) is 13.0 Å². The number of hydrogen-bond acceptors (Lipinski definition) is 2. The zero-order valence-corrected chi connectivity index (χ0v) is 14.7. The zero-order valence-electron chi connectivity index (χ0n) is 13.9. The number of methoxy groups -OCH3 is 1. The summed E-state index contributed by atoms with van der Waals surface area (Å²) in [6.45, 7) is 5.98. The molecule has 23 heavy (non-hydrogen) atoms. The molecule has 0 aromatic heterocycles. The van der Waals surface area contributed by atoms with Crippen molar-refractivity contribution in [3.63, 3.8) is 0 Å². The van der Waals surface area contributed by atoms with Gasteiger partial charge in [-0.25, -0.2) is 0 Å². The summed E-state index contributed by atoms with van der Waals surface area (Å²) in [6, 6.07) is 11.3. The van der Waals surface area contributed by atoms with Gasteiger partial charge in [-0.1, -0.05) is 36.7 Å². The molecule has 0 radical (unpaired) electrons. The molecule has 1 atom stereocenters. The molecule has 1 amide bonds. The molecular weight excluding hydrogens is 310 g/mol. The fraction of sp³-hybridized carbons (Fsp3) is 0.316. The molecule has 0 bridgehead atoms. The largest absolute Gasteiger partial charge is 0.496 e. The summed E-state index contributed by atoms with van der Waals surface area (Å²) < 4.78 is 5.29. The second kappa shape index (κ2) is 7.51. The number of nitrogens with one attached hydrogen (secondary N) is 1. The van der Waals surface area contributed by atoms with E-state index >= 15 is 0 Å². The number of hydrogen-bond donors (Lipinski definition) is 1. The number of rotatable bonds is 5. The first kappa shape index (κ1) is 17.4. The van der Waals surface area contributed by atoms with Crippen LogP contribution in [0.15, 0.2) is 36.4 Å². The van der Waals surface area contributed by atoms with Crippen LogP contribution in [0.1, 0.15) is 46.4 Å². The Morgan fingerprint density at radius 1 is 1.22 bits per heavy atom. The van der Waals surface area contributed by atoms with Crippen LogP contribution in [0.4, 0.5) is 0 Å². The van der Waals surface area contributed by atoms with Crippen molar-refractivity contribution in [1.29, 1.82) is 0 Å². The minimum atomic E-state index is -0.157. The van der Waals surface area contributed by atoms with Crippen LogP contribution in [0, 0.1) is 13.8 Å². The van der Waals surface area contributed by atoms with Crippen LogP contribution in [0.25, 0.3) is 0 Å². The van der Waals surface area contributed by atoms with E-state index in [-0.39, 0.29) is 11.9 Å². The van der Waals surface area contributed by atoms with Crippen molar-refractivity contribution < 1.29 is 9.53 Å². The molecule has 2 aromatic carbocycles. The third-order valence-corrected chi connectivity index (χ3v) is 4.22. The number of halogens is 1. The van der Waals surface area contributed by atoms with Gasteiger partial charge in [0.15, 0.2) is 0 Å². The van der Waals surface area contributed by atoms with Gasteiger partial charge in [0.2, 0.25) is 0 Å². The van der Waals surface area contributed by atoms with E-state index in [0.29, 0.717) is 10.6 Å². The topological polar surface area (TPSA) is 38.3 Å². The van der Waals surface area contributed by atoms with Crippen LogP contribution in [0.2, 0.25) is 5.02 Å². The highest BCUT2D eigenvalue weighted by atomic mass is 35.5. The number of aryl methyl sites for hydroxylation is 2. The van der Waals surface area contributed by atoms with Gasteiger partial charge in [0.05, 0.1) is 23.7 Å². The third kappa shape index (κ3) is 4.05. The van der Waals surface area contributed by atoms with E-state index < -0.39 is 0 Å². The Morgan fingerprint density at radius 2 is 1.96 bits per heavy atom. The van der Waals surface area contributed by atoms with Crippen molar-refractivity contribution in [3.8, 4) is 5.75 Å². The maximum Gasteiger partial charge on any atom is 0.253 e. The quantitative estimate of drug-likeness (QED) is 0.850. The minimum Gasteiger partial charge on any atom is -0.496 e. The van der Waals surface area contributed by atoms with Gasteiger partial charge in [-0.3, -0.25) is 4.79 Å². The standard InChI is InChI=1S/C19H22ClNO2/c1-5-17(14-7-9-18(23-4)13(3)11-14)21-19(22)15-8-6-12(2)10-16(15)20/h6-11,17H,5H2,1-4H3,(H,21,22)/t17-/m0/s1. The summed E-state index contributed by atoms with van der Waals surface area (Å²) in [6.07, 6.45) is 0.793. The van der Waals surface area contributed by atoms with Crippen LogP contribution in [0.3, 0.4) is 0 Å². The molecule has 0 aliphatic heterocycles. The van der Waals surface area contributed by atoms with E-state index in [2.05, 4.69) is 5.32 Å². The molecule has 0 spiro atoms. The van der Waals surface area contributed by atoms with Gasteiger partial charge in [0, 0.05) is 0 Å². The maximum absolute atomic E-state index is 12.5. The fourth-order valence-electron chi connectivity index (χ4n) is 2.58. The average Bonchev–Trinajstić information content (AvgIpc) is 2.52. The first-order valence-electron chi connectivity index (χ1n) is 7.67. The fourth-order valence-corrected chi connectivity index (χ4v) is 2.90. The first-order chi connectivity index (χ1) is 11.0. The molecule has 0 aliphatic rings. The first-order valence-corrected chi connectivity index (χ1v) is 8.05. The van der Waals surface area contributed by atoms with Crippen molar-refractivity contribution in [2.45, 2.75) is 33.2 Å². The van der Waals surface area contributed by atoms with Crippen molar-refractivity contribution in [3.05, 3.63) is 63.7 Å². The van der Waals surface area contributed by atoms with Gasteiger partial charge >= 0.3 is 0 Å². The molecule has 4 heteroatoms. The highest BCUT2D eigenvalue weighted by Crippen LogP contribution is 2.25. The van der Waals surface area contributed by atoms with Gasteiger partial charge in [0.25, 0.3) is 5.91 Å². The second-order valence-electron chi connectivity index (χ2n) is 5.65. The van der Waals surface area contributed by atoms with Gasteiger partial charge in [0.1, 0.15) is 5.75 Å². The predicted molar refractivity (Wildman–Crippen MR) is 94.4 cm³/mol. The van der Waals surface area contributed by atoms with E-state index in [1.54, 1.807) is 19.2 Å². The molecule has 0 saturated carbocycles. The lowest BCUT2D eigenvalue weighted by atomic mass is 10.0. The summed E-state index contributed by atoms with van der Waals surface area (Å²) >= 11 is 6.18. The predicted octanol–water partition coefficient (Wildman–Crippen LogP) is 4.85. The highest BCUT2D eigenvalue weighted by Gasteiger charge is 2.17.